The summed E-state index contributed by atoms with van der Waals surface area (Å²) in [5.74, 6) is 0.341. The lowest BCUT2D eigenvalue weighted by Crippen LogP contribution is -2.09. The molecule has 1 unspecified atom stereocenters. The fourth-order valence-electron chi connectivity index (χ4n) is 2.98. The van der Waals surface area contributed by atoms with Crippen LogP contribution in [0.15, 0.2) is 12.7 Å². The van der Waals surface area contributed by atoms with Gasteiger partial charge in [-0.25, -0.2) is 15.0 Å². The van der Waals surface area contributed by atoms with E-state index >= 15 is 0 Å². The lowest BCUT2D eigenvalue weighted by atomic mass is 10.1. The maximum atomic E-state index is 12.6. The Morgan fingerprint density at radius 1 is 1.03 bits per heavy atom. The summed E-state index contributed by atoms with van der Waals surface area (Å²) in [6.45, 7) is 3.46. The number of ether oxygens (including phenoxy) is 1. The van der Waals surface area contributed by atoms with E-state index in [1.807, 2.05) is 4.57 Å². The van der Waals surface area contributed by atoms with Crippen molar-refractivity contribution in [3.05, 3.63) is 12.7 Å². The van der Waals surface area contributed by atoms with Crippen molar-refractivity contribution >= 4 is 24.6 Å². The SMILES string of the molecule is CCCCCCCCCCOP(=O)(COCCn1cnc2c(N)ncnc21)OC. The molecule has 0 aromatic carbocycles. The van der Waals surface area contributed by atoms with Gasteiger partial charge in [0.25, 0.3) is 0 Å². The van der Waals surface area contributed by atoms with E-state index in [0.717, 1.165) is 12.8 Å². The van der Waals surface area contributed by atoms with Gasteiger partial charge in [-0.3, -0.25) is 4.57 Å². The van der Waals surface area contributed by atoms with Crippen molar-refractivity contribution in [2.75, 3.05) is 32.4 Å². The van der Waals surface area contributed by atoms with Gasteiger partial charge in [-0.2, -0.15) is 0 Å². The molecule has 1 atom stereocenters. The molecule has 2 rings (SSSR count). The van der Waals surface area contributed by atoms with Crippen LogP contribution in [0.5, 0.6) is 0 Å². The summed E-state index contributed by atoms with van der Waals surface area (Å²) < 4.78 is 30.5. The fourth-order valence-corrected chi connectivity index (χ4v) is 4.03. The van der Waals surface area contributed by atoms with Gasteiger partial charge in [-0.1, -0.05) is 51.9 Å². The number of nitrogens with zero attached hydrogens (tertiary/aromatic N) is 4. The molecule has 0 amide bonds. The van der Waals surface area contributed by atoms with Crippen molar-refractivity contribution < 1.29 is 18.3 Å². The zero-order chi connectivity index (χ0) is 21.0. The second-order valence-corrected chi connectivity index (χ2v) is 9.11. The number of imidazole rings is 1. The smallest absolute Gasteiger partial charge is 0.355 e. The minimum Gasteiger partial charge on any atom is -0.382 e. The molecule has 0 radical (unpaired) electrons. The van der Waals surface area contributed by atoms with Crippen molar-refractivity contribution in [3.63, 3.8) is 0 Å². The monoisotopic (exact) mass is 427 g/mol. The predicted molar refractivity (Wildman–Crippen MR) is 114 cm³/mol. The fraction of sp³-hybridized carbons (Fsp3) is 0.737. The normalized spacial score (nSPS) is 13.7. The Kier molecular flexibility index (Phi) is 10.6. The Balaban J connectivity index is 1.62. The Morgan fingerprint density at radius 3 is 2.48 bits per heavy atom. The van der Waals surface area contributed by atoms with Gasteiger partial charge in [-0.15, -0.1) is 0 Å². The summed E-state index contributed by atoms with van der Waals surface area (Å²) >= 11 is 0. The highest BCUT2D eigenvalue weighted by Gasteiger charge is 2.23. The van der Waals surface area contributed by atoms with E-state index in [1.165, 1.54) is 52.0 Å². The van der Waals surface area contributed by atoms with Crippen molar-refractivity contribution in [3.8, 4) is 0 Å². The lowest BCUT2D eigenvalue weighted by molar-refractivity contribution is 0.130. The largest absolute Gasteiger partial charge is 0.382 e. The Morgan fingerprint density at radius 2 is 1.76 bits per heavy atom. The number of hydrogen-bond donors (Lipinski definition) is 1. The number of hydrogen-bond acceptors (Lipinski definition) is 8. The number of unbranched alkanes of at least 4 members (excludes halogenated alkanes) is 7. The van der Waals surface area contributed by atoms with E-state index in [2.05, 4.69) is 21.9 Å². The van der Waals surface area contributed by atoms with Gasteiger partial charge in [0.05, 0.1) is 19.5 Å². The van der Waals surface area contributed by atoms with Gasteiger partial charge in [0, 0.05) is 13.7 Å². The van der Waals surface area contributed by atoms with E-state index in [1.54, 1.807) is 6.33 Å². The molecule has 2 aromatic heterocycles. The molecule has 0 saturated heterocycles. The first kappa shape index (κ1) is 23.7. The average molecular weight is 427 g/mol. The van der Waals surface area contributed by atoms with Crippen molar-refractivity contribution in [1.29, 1.82) is 0 Å². The summed E-state index contributed by atoms with van der Waals surface area (Å²) in [4.78, 5) is 12.3. The van der Waals surface area contributed by atoms with Crippen LogP contribution in [0, 0.1) is 0 Å². The van der Waals surface area contributed by atoms with Crippen molar-refractivity contribution in [2.24, 2.45) is 0 Å². The second kappa shape index (κ2) is 12.9. The van der Waals surface area contributed by atoms with Crippen LogP contribution in [-0.2, 0) is 24.9 Å². The minimum atomic E-state index is -3.23. The van der Waals surface area contributed by atoms with Gasteiger partial charge in [0.2, 0.25) is 0 Å². The summed E-state index contributed by atoms with van der Waals surface area (Å²) in [5, 5.41) is 0. The predicted octanol–water partition coefficient (Wildman–Crippen LogP) is 4.38. The molecule has 0 aliphatic rings. The summed E-state index contributed by atoms with van der Waals surface area (Å²) in [6.07, 6.45) is 12.6. The molecule has 0 spiro atoms. The zero-order valence-corrected chi connectivity index (χ0v) is 18.5. The first-order valence-corrected chi connectivity index (χ1v) is 12.1. The van der Waals surface area contributed by atoms with E-state index < -0.39 is 7.60 Å². The highest BCUT2D eigenvalue weighted by Crippen LogP contribution is 2.47. The van der Waals surface area contributed by atoms with Crippen LogP contribution >= 0.6 is 7.60 Å². The number of nitrogens with two attached hydrogens (primary N) is 1. The molecule has 2 heterocycles. The Bertz CT molecular complexity index is 770. The topological polar surface area (TPSA) is 114 Å². The first-order chi connectivity index (χ1) is 14.1. The lowest BCUT2D eigenvalue weighted by Gasteiger charge is -2.16. The standard InChI is InChI=1S/C19H34N5O4P/c1-3-4-5-6-7-8-9-10-12-28-29(25,26-2)16-27-13-11-24-15-23-17-18(20)21-14-22-19(17)24/h14-15H,3-13,16H2,1-2H3,(H2,20,21,22). The molecule has 0 saturated carbocycles. The van der Waals surface area contributed by atoms with Gasteiger partial charge in [-0.05, 0) is 6.42 Å². The van der Waals surface area contributed by atoms with Gasteiger partial charge in [0.1, 0.15) is 18.2 Å². The molecular formula is C19H34N5O4P. The van der Waals surface area contributed by atoms with Crippen LogP contribution < -0.4 is 5.73 Å². The van der Waals surface area contributed by atoms with E-state index in [0.29, 0.717) is 36.7 Å². The first-order valence-electron chi connectivity index (χ1n) is 10.4. The van der Waals surface area contributed by atoms with Crippen LogP contribution in [0.2, 0.25) is 0 Å². The molecule has 10 heteroatoms. The van der Waals surface area contributed by atoms with Crippen LogP contribution in [0.4, 0.5) is 5.82 Å². The van der Waals surface area contributed by atoms with Crippen LogP contribution in [0.3, 0.4) is 0 Å². The van der Waals surface area contributed by atoms with Crippen LogP contribution in [0.1, 0.15) is 58.3 Å². The van der Waals surface area contributed by atoms with Crippen LogP contribution in [-0.4, -0.2) is 46.2 Å². The molecule has 164 valence electrons. The van der Waals surface area contributed by atoms with Crippen LogP contribution in [0.25, 0.3) is 11.2 Å². The molecule has 29 heavy (non-hydrogen) atoms. The third-order valence-electron chi connectivity index (χ3n) is 4.72. The third-order valence-corrected chi connectivity index (χ3v) is 6.35. The zero-order valence-electron chi connectivity index (χ0n) is 17.6. The molecule has 2 N–H and O–H groups in total. The maximum absolute atomic E-state index is 12.6. The number of nitrogen functional groups attached to an aromatic ring is 1. The molecule has 0 aliphatic heterocycles. The number of fused-ring (bicyclic) bond motifs is 1. The van der Waals surface area contributed by atoms with Gasteiger partial charge < -0.3 is 24.1 Å². The van der Waals surface area contributed by atoms with E-state index in [4.69, 9.17) is 19.5 Å². The molecule has 0 bridgehead atoms. The van der Waals surface area contributed by atoms with Crippen molar-refractivity contribution in [2.45, 2.75) is 64.8 Å². The van der Waals surface area contributed by atoms with E-state index in [9.17, 15) is 4.57 Å². The second-order valence-electron chi connectivity index (χ2n) is 7.01. The maximum Gasteiger partial charge on any atom is 0.355 e. The molecule has 0 fully saturated rings. The highest BCUT2D eigenvalue weighted by atomic mass is 31.2. The van der Waals surface area contributed by atoms with Crippen molar-refractivity contribution in [1.82, 2.24) is 19.5 Å². The highest BCUT2D eigenvalue weighted by molar-refractivity contribution is 7.53. The van der Waals surface area contributed by atoms with E-state index in [-0.39, 0.29) is 6.35 Å². The third kappa shape index (κ3) is 8.01. The Labute approximate surface area is 172 Å². The summed E-state index contributed by atoms with van der Waals surface area (Å²) in [6, 6.07) is 0. The van der Waals surface area contributed by atoms with Gasteiger partial charge in [0.15, 0.2) is 11.5 Å². The number of rotatable bonds is 16. The minimum absolute atomic E-state index is 0.0791. The molecule has 0 aliphatic carbocycles. The quantitative estimate of drug-likeness (QED) is 0.310. The van der Waals surface area contributed by atoms with Gasteiger partial charge >= 0.3 is 7.60 Å². The molecular weight excluding hydrogens is 393 g/mol. The Hall–Kier alpha value is -1.54. The summed E-state index contributed by atoms with van der Waals surface area (Å²) in [5.41, 5.74) is 6.98. The number of aromatic nitrogens is 4. The number of anilines is 1. The summed E-state index contributed by atoms with van der Waals surface area (Å²) in [7, 11) is -1.84. The molecule has 2 aromatic rings. The average Bonchev–Trinajstić information content (AvgIpc) is 3.14. The molecule has 9 nitrogen and oxygen atoms in total.